The van der Waals surface area contributed by atoms with Crippen molar-refractivity contribution >= 4 is 12.0 Å². The minimum absolute atomic E-state index is 0.00929. The van der Waals surface area contributed by atoms with E-state index in [0.29, 0.717) is 32.0 Å². The van der Waals surface area contributed by atoms with Crippen LogP contribution in [0, 0.1) is 5.82 Å². The molecule has 1 aliphatic rings. The summed E-state index contributed by atoms with van der Waals surface area (Å²) < 4.78 is 24.3. The molecule has 0 spiro atoms. The molecule has 0 atom stereocenters. The zero-order valence-corrected chi connectivity index (χ0v) is 17.2. The predicted octanol–water partition coefficient (Wildman–Crippen LogP) is 3.76. The Morgan fingerprint density at radius 2 is 1.87 bits per heavy atom. The van der Waals surface area contributed by atoms with Gasteiger partial charge in [0, 0.05) is 44.4 Å². The van der Waals surface area contributed by atoms with Crippen LogP contribution in [0.4, 0.5) is 4.39 Å². The molecule has 1 aliphatic heterocycles. The Bertz CT molecular complexity index is 888. The molecule has 1 heterocycles. The molecule has 1 amide bonds. The molecule has 0 radical (unpaired) electrons. The average Bonchev–Trinajstić information content (AvgIpc) is 2.77. The second-order valence-electron chi connectivity index (χ2n) is 7.06. The van der Waals surface area contributed by atoms with Crippen LogP contribution in [0.5, 0.6) is 11.5 Å². The zero-order valence-electron chi connectivity index (χ0n) is 17.2. The second kappa shape index (κ2) is 10.6. The van der Waals surface area contributed by atoms with Crippen molar-refractivity contribution in [2.75, 3.05) is 39.9 Å². The number of hydrogen-bond acceptors (Lipinski definition) is 4. The number of hydrogen-bond donors (Lipinski definition) is 0. The molecule has 5 nitrogen and oxygen atoms in total. The molecule has 0 unspecified atom stereocenters. The van der Waals surface area contributed by atoms with Gasteiger partial charge in [-0.2, -0.15) is 0 Å². The number of rotatable bonds is 8. The molecular weight excluding hydrogens is 383 g/mol. The number of halogens is 1. The monoisotopic (exact) mass is 410 g/mol. The summed E-state index contributed by atoms with van der Waals surface area (Å²) in [7, 11) is 1.58. The average molecular weight is 410 g/mol. The lowest BCUT2D eigenvalue weighted by Gasteiger charge is -2.34. The predicted molar refractivity (Wildman–Crippen MR) is 116 cm³/mol. The van der Waals surface area contributed by atoms with E-state index in [-0.39, 0.29) is 11.7 Å². The van der Waals surface area contributed by atoms with Gasteiger partial charge in [0.2, 0.25) is 5.91 Å². The van der Waals surface area contributed by atoms with Crippen LogP contribution < -0.4 is 9.47 Å². The van der Waals surface area contributed by atoms with Gasteiger partial charge < -0.3 is 14.4 Å². The van der Waals surface area contributed by atoms with E-state index in [2.05, 4.69) is 11.5 Å². The van der Waals surface area contributed by atoms with Gasteiger partial charge in [-0.3, -0.25) is 9.69 Å². The largest absolute Gasteiger partial charge is 0.496 e. The Labute approximate surface area is 177 Å². The lowest BCUT2D eigenvalue weighted by molar-refractivity contribution is -0.127. The first-order valence-corrected chi connectivity index (χ1v) is 9.94. The third-order valence-electron chi connectivity index (χ3n) is 4.99. The van der Waals surface area contributed by atoms with E-state index in [9.17, 15) is 9.18 Å². The smallest absolute Gasteiger partial charge is 0.246 e. The SMILES string of the molecule is C=CCOc1ccc(/C=C/C(=O)N2CCN(Cc3cc(F)ccc3OC)CC2)cc1. The summed E-state index contributed by atoms with van der Waals surface area (Å²) in [6, 6.07) is 12.1. The number of carbonyl (C=O) groups excluding carboxylic acids is 1. The molecule has 3 rings (SSSR count). The highest BCUT2D eigenvalue weighted by atomic mass is 19.1. The Kier molecular flexibility index (Phi) is 7.63. The zero-order chi connectivity index (χ0) is 21.3. The Balaban J connectivity index is 1.50. The summed E-state index contributed by atoms with van der Waals surface area (Å²) in [5.41, 5.74) is 1.75. The first-order valence-electron chi connectivity index (χ1n) is 9.94. The van der Waals surface area contributed by atoms with Crippen molar-refractivity contribution < 1.29 is 18.7 Å². The van der Waals surface area contributed by atoms with Crippen LogP contribution in [0.1, 0.15) is 11.1 Å². The van der Waals surface area contributed by atoms with Gasteiger partial charge in [0.15, 0.2) is 0 Å². The third-order valence-corrected chi connectivity index (χ3v) is 4.99. The number of amides is 1. The maximum absolute atomic E-state index is 13.6. The normalized spacial score (nSPS) is 14.7. The Morgan fingerprint density at radius 3 is 2.53 bits per heavy atom. The Morgan fingerprint density at radius 1 is 1.13 bits per heavy atom. The number of nitrogens with zero attached hydrogens (tertiary/aromatic N) is 2. The number of benzene rings is 2. The van der Waals surface area contributed by atoms with Crippen molar-refractivity contribution in [2.24, 2.45) is 0 Å². The molecule has 0 aliphatic carbocycles. The van der Waals surface area contributed by atoms with Crippen LogP contribution in [0.3, 0.4) is 0 Å². The van der Waals surface area contributed by atoms with Gasteiger partial charge in [-0.25, -0.2) is 4.39 Å². The van der Waals surface area contributed by atoms with E-state index < -0.39 is 0 Å². The van der Waals surface area contributed by atoms with E-state index in [1.807, 2.05) is 35.2 Å². The molecule has 0 bridgehead atoms. The number of ether oxygens (including phenoxy) is 2. The summed E-state index contributed by atoms with van der Waals surface area (Å²) in [5, 5.41) is 0. The van der Waals surface area contributed by atoms with Crippen LogP contribution in [0.15, 0.2) is 61.2 Å². The number of methoxy groups -OCH3 is 1. The summed E-state index contributed by atoms with van der Waals surface area (Å²) in [5.74, 6) is 1.16. The summed E-state index contributed by atoms with van der Waals surface area (Å²) >= 11 is 0. The van der Waals surface area contributed by atoms with Crippen molar-refractivity contribution in [3.63, 3.8) is 0 Å². The standard InChI is InChI=1S/C24H27FN2O3/c1-3-16-30-22-8-4-19(5-9-22)6-11-24(28)27-14-12-26(13-15-27)18-20-17-21(25)7-10-23(20)29-2/h3-11,17H,1,12-16,18H2,2H3/b11-6+. The second-order valence-corrected chi connectivity index (χ2v) is 7.06. The molecule has 1 saturated heterocycles. The van der Waals surface area contributed by atoms with E-state index in [1.54, 1.807) is 25.3 Å². The number of carbonyl (C=O) groups is 1. The summed E-state index contributed by atoms with van der Waals surface area (Å²) in [6.45, 7) is 7.41. The maximum atomic E-state index is 13.6. The third kappa shape index (κ3) is 5.94. The van der Waals surface area contributed by atoms with Gasteiger partial charge in [0.25, 0.3) is 0 Å². The topological polar surface area (TPSA) is 42.0 Å². The van der Waals surface area contributed by atoms with Gasteiger partial charge in [-0.15, -0.1) is 0 Å². The summed E-state index contributed by atoms with van der Waals surface area (Å²) in [6.07, 6.45) is 5.11. The van der Waals surface area contributed by atoms with E-state index >= 15 is 0 Å². The molecule has 2 aromatic rings. The lowest BCUT2D eigenvalue weighted by Crippen LogP contribution is -2.47. The first-order chi connectivity index (χ1) is 14.6. The van der Waals surface area contributed by atoms with Crippen LogP contribution in [0.25, 0.3) is 6.08 Å². The molecule has 0 aromatic heterocycles. The quantitative estimate of drug-likeness (QED) is 0.491. The fourth-order valence-corrected chi connectivity index (χ4v) is 3.34. The highest BCUT2D eigenvalue weighted by Gasteiger charge is 2.20. The minimum atomic E-state index is -0.273. The maximum Gasteiger partial charge on any atom is 0.246 e. The molecule has 158 valence electrons. The van der Waals surface area contributed by atoms with Crippen LogP contribution >= 0.6 is 0 Å². The van der Waals surface area contributed by atoms with Gasteiger partial charge in [0.05, 0.1) is 7.11 Å². The fourth-order valence-electron chi connectivity index (χ4n) is 3.34. The van der Waals surface area contributed by atoms with E-state index in [1.165, 1.54) is 12.1 Å². The molecule has 6 heteroatoms. The van der Waals surface area contributed by atoms with Crippen molar-refractivity contribution in [3.05, 3.63) is 78.1 Å². The van der Waals surface area contributed by atoms with Gasteiger partial charge in [-0.05, 0) is 42.0 Å². The lowest BCUT2D eigenvalue weighted by atomic mass is 10.1. The van der Waals surface area contributed by atoms with Crippen LogP contribution in [-0.2, 0) is 11.3 Å². The van der Waals surface area contributed by atoms with Crippen molar-refractivity contribution in [3.8, 4) is 11.5 Å². The van der Waals surface area contributed by atoms with Gasteiger partial charge in [0.1, 0.15) is 23.9 Å². The summed E-state index contributed by atoms with van der Waals surface area (Å²) in [4.78, 5) is 16.5. The van der Waals surface area contributed by atoms with Gasteiger partial charge in [-0.1, -0.05) is 24.8 Å². The highest BCUT2D eigenvalue weighted by molar-refractivity contribution is 5.91. The molecule has 1 fully saturated rings. The molecule has 2 aromatic carbocycles. The van der Waals surface area contributed by atoms with Gasteiger partial charge >= 0.3 is 0 Å². The van der Waals surface area contributed by atoms with Crippen molar-refractivity contribution in [1.82, 2.24) is 9.80 Å². The van der Waals surface area contributed by atoms with E-state index in [0.717, 1.165) is 30.0 Å². The van der Waals surface area contributed by atoms with Crippen molar-refractivity contribution in [2.45, 2.75) is 6.54 Å². The molecule has 0 saturated carbocycles. The molecule has 0 N–H and O–H groups in total. The van der Waals surface area contributed by atoms with E-state index in [4.69, 9.17) is 9.47 Å². The number of piperazine rings is 1. The highest BCUT2D eigenvalue weighted by Crippen LogP contribution is 2.22. The Hall–Kier alpha value is -3.12. The minimum Gasteiger partial charge on any atom is -0.496 e. The first kappa shape index (κ1) is 21.6. The molecule has 30 heavy (non-hydrogen) atoms. The van der Waals surface area contributed by atoms with Crippen LogP contribution in [0.2, 0.25) is 0 Å². The molecular formula is C24H27FN2O3. The van der Waals surface area contributed by atoms with Crippen molar-refractivity contribution in [1.29, 1.82) is 0 Å². The van der Waals surface area contributed by atoms with Crippen LogP contribution in [-0.4, -0.2) is 55.6 Å². The fraction of sp³-hybridized carbons (Fsp3) is 0.292.